The van der Waals surface area contributed by atoms with Gasteiger partial charge in [-0.25, -0.2) is 9.59 Å². The zero-order valence-electron chi connectivity index (χ0n) is 11.1. The summed E-state index contributed by atoms with van der Waals surface area (Å²) in [4.78, 5) is 34.4. The number of hydrogen-bond donors (Lipinski definition) is 1. The van der Waals surface area contributed by atoms with Gasteiger partial charge in [-0.2, -0.15) is 0 Å². The van der Waals surface area contributed by atoms with E-state index in [4.69, 9.17) is 5.73 Å². The highest BCUT2D eigenvalue weighted by Gasteiger charge is 2.27. The maximum atomic E-state index is 11.7. The van der Waals surface area contributed by atoms with Crippen LogP contribution in [0.4, 0.5) is 0 Å². The van der Waals surface area contributed by atoms with Gasteiger partial charge in [0.2, 0.25) is 5.91 Å². The minimum absolute atomic E-state index is 0.191. The molecule has 3 rings (SSSR count). The van der Waals surface area contributed by atoms with Gasteiger partial charge in [-0.1, -0.05) is 26.0 Å². The lowest BCUT2D eigenvalue weighted by Crippen LogP contribution is -2.21. The summed E-state index contributed by atoms with van der Waals surface area (Å²) < 4.78 is 4.61. The molecule has 0 atom stereocenters. The van der Waals surface area contributed by atoms with Crippen LogP contribution in [0.5, 0.6) is 0 Å². The van der Waals surface area contributed by atoms with E-state index in [0.29, 0.717) is 16.3 Å². The quantitative estimate of drug-likeness (QED) is 0.636. The Balaban J connectivity index is 0.000000704. The second-order valence-corrected chi connectivity index (χ2v) is 3.97. The van der Waals surface area contributed by atoms with Crippen LogP contribution in [0.3, 0.4) is 0 Å². The van der Waals surface area contributed by atoms with Crippen molar-refractivity contribution in [2.24, 2.45) is 5.73 Å². The van der Waals surface area contributed by atoms with Crippen LogP contribution in [0.25, 0.3) is 10.8 Å². The third-order valence-electron chi connectivity index (χ3n) is 2.89. The second-order valence-electron chi connectivity index (χ2n) is 3.97. The zero-order chi connectivity index (χ0) is 14.9. The lowest BCUT2D eigenvalue weighted by molar-refractivity contribution is 0.0391. The number of cyclic esters (lactones) is 2. The number of benzene rings is 2. The first-order chi connectivity index (χ1) is 9.58. The Bertz CT molecular complexity index is 734. The molecule has 0 spiro atoms. The van der Waals surface area contributed by atoms with Crippen LogP contribution in [0, 0.1) is 0 Å². The number of ether oxygens (including phenoxy) is 1. The fourth-order valence-electron chi connectivity index (χ4n) is 2.10. The van der Waals surface area contributed by atoms with Gasteiger partial charge in [0, 0.05) is 10.9 Å². The van der Waals surface area contributed by atoms with E-state index in [1.807, 2.05) is 13.8 Å². The minimum atomic E-state index is -0.758. The predicted molar refractivity (Wildman–Crippen MR) is 73.6 cm³/mol. The van der Waals surface area contributed by atoms with Gasteiger partial charge in [-0.3, -0.25) is 4.79 Å². The molecule has 5 heteroatoms. The molecule has 0 saturated heterocycles. The lowest BCUT2D eigenvalue weighted by atomic mass is 9.95. The van der Waals surface area contributed by atoms with E-state index in [1.54, 1.807) is 24.3 Å². The van der Waals surface area contributed by atoms with Crippen molar-refractivity contribution in [1.29, 1.82) is 0 Å². The molecule has 0 radical (unpaired) electrons. The summed E-state index contributed by atoms with van der Waals surface area (Å²) >= 11 is 0. The van der Waals surface area contributed by atoms with Gasteiger partial charge in [0.1, 0.15) is 0 Å². The molecule has 0 bridgehead atoms. The molecule has 0 aliphatic carbocycles. The van der Waals surface area contributed by atoms with Crippen LogP contribution in [0.1, 0.15) is 44.9 Å². The van der Waals surface area contributed by atoms with E-state index >= 15 is 0 Å². The van der Waals surface area contributed by atoms with Crippen LogP contribution >= 0.6 is 0 Å². The molecule has 1 aliphatic rings. The van der Waals surface area contributed by atoms with Crippen molar-refractivity contribution in [1.82, 2.24) is 0 Å². The van der Waals surface area contributed by atoms with Crippen molar-refractivity contribution in [3.63, 3.8) is 0 Å². The summed E-state index contributed by atoms with van der Waals surface area (Å²) in [6.07, 6.45) is 0. The van der Waals surface area contributed by atoms with Crippen molar-refractivity contribution < 1.29 is 19.1 Å². The SMILES string of the molecule is CC.NC(=O)c1cc2c3c(cccc3c1)C(=O)OC2=O. The summed E-state index contributed by atoms with van der Waals surface area (Å²) in [6, 6.07) is 7.84. The van der Waals surface area contributed by atoms with E-state index in [0.717, 1.165) is 0 Å². The molecule has 1 amide bonds. The number of amides is 1. The summed E-state index contributed by atoms with van der Waals surface area (Å²) in [5.74, 6) is -2.07. The topological polar surface area (TPSA) is 86.5 Å². The third-order valence-corrected chi connectivity index (χ3v) is 2.89. The van der Waals surface area contributed by atoms with Crippen molar-refractivity contribution in [2.75, 3.05) is 0 Å². The van der Waals surface area contributed by atoms with Gasteiger partial charge in [0.25, 0.3) is 0 Å². The fraction of sp³-hybridized carbons (Fsp3) is 0.133. The molecule has 0 aromatic heterocycles. The first kappa shape index (κ1) is 13.7. The first-order valence-electron chi connectivity index (χ1n) is 6.21. The Morgan fingerprint density at radius 2 is 1.70 bits per heavy atom. The zero-order valence-corrected chi connectivity index (χ0v) is 11.1. The molecule has 102 valence electrons. The van der Waals surface area contributed by atoms with Crippen LogP contribution in [-0.4, -0.2) is 17.8 Å². The smallest absolute Gasteiger partial charge is 0.346 e. The molecule has 1 heterocycles. The third kappa shape index (κ3) is 2.03. The maximum Gasteiger partial charge on any atom is 0.346 e. The number of hydrogen-bond acceptors (Lipinski definition) is 4. The first-order valence-corrected chi connectivity index (χ1v) is 6.21. The monoisotopic (exact) mass is 271 g/mol. The van der Waals surface area contributed by atoms with Crippen LogP contribution in [0.15, 0.2) is 30.3 Å². The van der Waals surface area contributed by atoms with Crippen molar-refractivity contribution in [2.45, 2.75) is 13.8 Å². The highest BCUT2D eigenvalue weighted by molar-refractivity contribution is 6.21. The van der Waals surface area contributed by atoms with E-state index in [1.165, 1.54) is 6.07 Å². The Kier molecular flexibility index (Phi) is 3.52. The fourth-order valence-corrected chi connectivity index (χ4v) is 2.10. The molecule has 20 heavy (non-hydrogen) atoms. The highest BCUT2D eigenvalue weighted by atomic mass is 16.6. The van der Waals surface area contributed by atoms with Gasteiger partial charge < -0.3 is 10.5 Å². The predicted octanol–water partition coefficient (Wildman–Crippen LogP) is 2.28. The largest absolute Gasteiger partial charge is 0.386 e. The Labute approximate surface area is 115 Å². The van der Waals surface area contributed by atoms with Gasteiger partial charge in [0.15, 0.2) is 0 Å². The molecule has 2 N–H and O–H groups in total. The van der Waals surface area contributed by atoms with Crippen molar-refractivity contribution in [3.8, 4) is 0 Å². The van der Waals surface area contributed by atoms with E-state index < -0.39 is 17.8 Å². The molecular formula is C15H13NO4. The molecule has 1 aliphatic heterocycles. The normalized spacial score (nSPS) is 12.5. The second kappa shape index (κ2) is 5.13. The number of rotatable bonds is 1. The molecule has 0 saturated carbocycles. The van der Waals surface area contributed by atoms with Crippen LogP contribution in [-0.2, 0) is 4.74 Å². The average Bonchev–Trinajstić information content (AvgIpc) is 2.46. The van der Waals surface area contributed by atoms with Crippen molar-refractivity contribution >= 4 is 28.6 Å². The van der Waals surface area contributed by atoms with E-state index in [9.17, 15) is 14.4 Å². The number of carbonyl (C=O) groups excluding carboxylic acids is 3. The molecule has 5 nitrogen and oxygen atoms in total. The number of esters is 2. The molecule has 0 unspecified atom stereocenters. The summed E-state index contributed by atoms with van der Waals surface area (Å²) in [7, 11) is 0. The van der Waals surface area contributed by atoms with E-state index in [-0.39, 0.29) is 11.1 Å². The van der Waals surface area contributed by atoms with E-state index in [2.05, 4.69) is 4.74 Å². The lowest BCUT2D eigenvalue weighted by Gasteiger charge is -2.15. The molecular weight excluding hydrogens is 258 g/mol. The number of primary amides is 1. The average molecular weight is 271 g/mol. The molecule has 2 aromatic carbocycles. The number of nitrogens with two attached hydrogens (primary N) is 1. The van der Waals surface area contributed by atoms with Crippen LogP contribution < -0.4 is 5.73 Å². The Morgan fingerprint density at radius 1 is 1.05 bits per heavy atom. The van der Waals surface area contributed by atoms with Crippen LogP contribution in [0.2, 0.25) is 0 Å². The minimum Gasteiger partial charge on any atom is -0.386 e. The maximum absolute atomic E-state index is 11.7. The standard InChI is InChI=1S/C13H7NO4.C2H6/c14-11(15)7-4-6-2-1-3-8-10(6)9(5-7)13(17)18-12(8)16;1-2/h1-5H,(H2,14,15);1-2H3. The summed E-state index contributed by atoms with van der Waals surface area (Å²) in [5.41, 5.74) is 5.92. The number of carbonyl (C=O) groups is 3. The van der Waals surface area contributed by atoms with Gasteiger partial charge >= 0.3 is 11.9 Å². The van der Waals surface area contributed by atoms with Gasteiger partial charge in [-0.15, -0.1) is 0 Å². The summed E-state index contributed by atoms with van der Waals surface area (Å²) in [5, 5.41) is 1.12. The van der Waals surface area contributed by atoms with Gasteiger partial charge in [-0.05, 0) is 23.6 Å². The highest BCUT2D eigenvalue weighted by Crippen LogP contribution is 2.29. The van der Waals surface area contributed by atoms with Gasteiger partial charge in [0.05, 0.1) is 11.1 Å². The Hall–Kier alpha value is -2.69. The summed E-state index contributed by atoms with van der Waals surface area (Å²) in [6.45, 7) is 4.00. The molecule has 2 aromatic rings. The Morgan fingerprint density at radius 3 is 2.35 bits per heavy atom. The molecule has 0 fully saturated rings. The van der Waals surface area contributed by atoms with Crippen molar-refractivity contribution in [3.05, 3.63) is 47.0 Å².